The molecule has 0 bridgehead atoms. The van der Waals surface area contributed by atoms with Crippen LogP contribution < -0.4 is 0 Å². The van der Waals surface area contributed by atoms with Crippen LogP contribution in [0.1, 0.15) is 77.6 Å². The highest BCUT2D eigenvalue weighted by atomic mass is 16.3. The average molecular weight is 238 g/mol. The lowest BCUT2D eigenvalue weighted by atomic mass is 9.74. The van der Waals surface area contributed by atoms with Crippen LogP contribution in [0.25, 0.3) is 0 Å². The number of aliphatic hydroxyl groups is 1. The minimum absolute atomic E-state index is 0.0194. The third-order valence-electron chi connectivity index (χ3n) is 5.33. The molecule has 2 aliphatic rings. The molecule has 0 aromatic rings. The second-order valence-corrected chi connectivity index (χ2v) is 6.43. The number of aliphatic hydroxyl groups excluding tert-OH is 1. The first-order valence-corrected chi connectivity index (χ1v) is 7.99. The molecule has 1 nitrogen and oxygen atoms in total. The molecule has 0 radical (unpaired) electrons. The zero-order valence-corrected chi connectivity index (χ0v) is 11.5. The van der Waals surface area contributed by atoms with Crippen LogP contribution in [-0.4, -0.2) is 11.2 Å². The van der Waals surface area contributed by atoms with E-state index in [0.717, 1.165) is 5.92 Å². The summed E-state index contributed by atoms with van der Waals surface area (Å²) in [6.45, 7) is 2.31. The molecule has 17 heavy (non-hydrogen) atoms. The second-order valence-electron chi connectivity index (χ2n) is 6.43. The minimum atomic E-state index is 0.0194. The van der Waals surface area contributed by atoms with Crippen LogP contribution in [0.3, 0.4) is 0 Å². The van der Waals surface area contributed by atoms with Gasteiger partial charge in [-0.05, 0) is 43.4 Å². The van der Waals surface area contributed by atoms with Crippen molar-refractivity contribution in [3.63, 3.8) is 0 Å². The van der Waals surface area contributed by atoms with Crippen LogP contribution in [0.15, 0.2) is 0 Å². The van der Waals surface area contributed by atoms with Gasteiger partial charge in [0, 0.05) is 0 Å². The van der Waals surface area contributed by atoms with Crippen molar-refractivity contribution in [3.05, 3.63) is 0 Å². The Morgan fingerprint density at radius 1 is 0.824 bits per heavy atom. The van der Waals surface area contributed by atoms with Crippen molar-refractivity contribution >= 4 is 0 Å². The molecule has 2 rings (SSSR count). The van der Waals surface area contributed by atoms with Gasteiger partial charge in [-0.25, -0.2) is 0 Å². The van der Waals surface area contributed by atoms with Gasteiger partial charge in [0.1, 0.15) is 0 Å². The molecule has 2 aliphatic carbocycles. The monoisotopic (exact) mass is 238 g/mol. The fraction of sp³-hybridized carbons (Fsp3) is 1.00. The molecule has 0 aromatic carbocycles. The normalized spacial score (nSPS) is 34.2. The third-order valence-corrected chi connectivity index (χ3v) is 5.33. The van der Waals surface area contributed by atoms with Crippen LogP contribution >= 0.6 is 0 Å². The fourth-order valence-corrected chi connectivity index (χ4v) is 3.98. The number of hydrogen-bond acceptors (Lipinski definition) is 1. The third kappa shape index (κ3) is 3.71. The maximum atomic E-state index is 10.6. The van der Waals surface area contributed by atoms with Crippen molar-refractivity contribution in [1.82, 2.24) is 0 Å². The first-order valence-electron chi connectivity index (χ1n) is 7.99. The Bertz CT molecular complexity index is 198. The maximum Gasteiger partial charge on any atom is 0.0596 e. The Balaban J connectivity index is 1.80. The lowest BCUT2D eigenvalue weighted by Gasteiger charge is -2.34. The van der Waals surface area contributed by atoms with Crippen LogP contribution in [0.5, 0.6) is 0 Å². The van der Waals surface area contributed by atoms with E-state index < -0.39 is 0 Å². The molecular formula is C16H30O. The fourth-order valence-electron chi connectivity index (χ4n) is 3.98. The average Bonchev–Trinajstić information content (AvgIpc) is 2.67. The molecule has 0 heterocycles. The van der Waals surface area contributed by atoms with Crippen molar-refractivity contribution in [2.75, 3.05) is 0 Å². The quantitative estimate of drug-likeness (QED) is 0.716. The van der Waals surface area contributed by atoms with Gasteiger partial charge in [0.15, 0.2) is 0 Å². The lowest BCUT2D eigenvalue weighted by Crippen LogP contribution is -2.32. The highest BCUT2D eigenvalue weighted by molar-refractivity contribution is 4.82. The molecule has 1 heteroatoms. The van der Waals surface area contributed by atoms with Gasteiger partial charge in [-0.1, -0.05) is 51.9 Å². The Morgan fingerprint density at radius 2 is 1.35 bits per heavy atom. The molecule has 0 saturated heterocycles. The Kier molecular flexibility index (Phi) is 5.34. The summed E-state index contributed by atoms with van der Waals surface area (Å²) in [6, 6.07) is 0. The maximum absolute atomic E-state index is 10.6. The van der Waals surface area contributed by atoms with Crippen molar-refractivity contribution in [2.24, 2.45) is 17.8 Å². The summed E-state index contributed by atoms with van der Waals surface area (Å²) < 4.78 is 0. The van der Waals surface area contributed by atoms with E-state index >= 15 is 0 Å². The van der Waals surface area contributed by atoms with Gasteiger partial charge in [-0.3, -0.25) is 0 Å². The smallest absolute Gasteiger partial charge is 0.0596 e. The van der Waals surface area contributed by atoms with Gasteiger partial charge in [0.2, 0.25) is 0 Å². The first-order chi connectivity index (χ1) is 8.31. The molecule has 1 N–H and O–H groups in total. The standard InChI is InChI=1S/C16H30O/c1-2-13-9-11-15(12-10-13)16(17)14-7-5-3-4-6-8-14/h13-17H,2-12H2,1H3. The Morgan fingerprint density at radius 3 is 1.88 bits per heavy atom. The summed E-state index contributed by atoms with van der Waals surface area (Å²) in [5.74, 6) is 2.20. The zero-order valence-electron chi connectivity index (χ0n) is 11.5. The largest absolute Gasteiger partial charge is 0.393 e. The van der Waals surface area contributed by atoms with Gasteiger partial charge < -0.3 is 5.11 Å². The topological polar surface area (TPSA) is 20.2 Å². The van der Waals surface area contributed by atoms with Gasteiger partial charge in [-0.15, -0.1) is 0 Å². The van der Waals surface area contributed by atoms with E-state index in [1.165, 1.54) is 70.6 Å². The van der Waals surface area contributed by atoms with Gasteiger partial charge in [0.05, 0.1) is 6.10 Å². The molecule has 1 unspecified atom stereocenters. The van der Waals surface area contributed by atoms with Crippen LogP contribution in [0.4, 0.5) is 0 Å². The predicted octanol–water partition coefficient (Wildman–Crippen LogP) is 4.53. The van der Waals surface area contributed by atoms with Crippen LogP contribution in [0.2, 0.25) is 0 Å². The van der Waals surface area contributed by atoms with E-state index in [1.807, 2.05) is 0 Å². The predicted molar refractivity (Wildman–Crippen MR) is 72.9 cm³/mol. The van der Waals surface area contributed by atoms with E-state index in [1.54, 1.807) is 0 Å². The highest BCUT2D eigenvalue weighted by Crippen LogP contribution is 2.37. The Labute approximate surface area is 107 Å². The molecule has 2 saturated carbocycles. The second kappa shape index (κ2) is 6.78. The van der Waals surface area contributed by atoms with Crippen molar-refractivity contribution in [2.45, 2.75) is 83.7 Å². The summed E-state index contributed by atoms with van der Waals surface area (Å²) in [5.41, 5.74) is 0. The van der Waals surface area contributed by atoms with Gasteiger partial charge >= 0.3 is 0 Å². The molecule has 0 aromatic heterocycles. The zero-order chi connectivity index (χ0) is 12.1. The molecule has 0 amide bonds. The summed E-state index contributed by atoms with van der Waals surface area (Å²) in [6.07, 6.45) is 14.7. The van der Waals surface area contributed by atoms with E-state index in [2.05, 4.69) is 6.92 Å². The summed E-state index contributed by atoms with van der Waals surface area (Å²) >= 11 is 0. The van der Waals surface area contributed by atoms with E-state index in [4.69, 9.17) is 0 Å². The van der Waals surface area contributed by atoms with Crippen molar-refractivity contribution in [1.29, 1.82) is 0 Å². The van der Waals surface area contributed by atoms with Crippen molar-refractivity contribution in [3.8, 4) is 0 Å². The Hall–Kier alpha value is -0.0400. The van der Waals surface area contributed by atoms with E-state index in [-0.39, 0.29) is 6.10 Å². The number of rotatable bonds is 3. The van der Waals surface area contributed by atoms with E-state index in [9.17, 15) is 5.11 Å². The molecule has 0 spiro atoms. The summed E-state index contributed by atoms with van der Waals surface area (Å²) in [5, 5.41) is 10.6. The highest BCUT2D eigenvalue weighted by Gasteiger charge is 2.30. The minimum Gasteiger partial charge on any atom is -0.393 e. The summed E-state index contributed by atoms with van der Waals surface area (Å²) in [4.78, 5) is 0. The van der Waals surface area contributed by atoms with Crippen LogP contribution in [0, 0.1) is 17.8 Å². The first kappa shape index (κ1) is 13.4. The SMILES string of the molecule is CCC1CCC(C(O)C2CCCCCC2)CC1. The lowest BCUT2D eigenvalue weighted by molar-refractivity contribution is 0.0200. The number of hydrogen-bond donors (Lipinski definition) is 1. The molecular weight excluding hydrogens is 208 g/mol. The van der Waals surface area contributed by atoms with Crippen molar-refractivity contribution < 1.29 is 5.11 Å². The molecule has 1 atom stereocenters. The summed E-state index contributed by atoms with van der Waals surface area (Å²) in [7, 11) is 0. The van der Waals surface area contributed by atoms with Crippen LogP contribution in [-0.2, 0) is 0 Å². The molecule has 2 fully saturated rings. The van der Waals surface area contributed by atoms with Gasteiger partial charge in [-0.2, -0.15) is 0 Å². The molecule has 0 aliphatic heterocycles. The van der Waals surface area contributed by atoms with Gasteiger partial charge in [0.25, 0.3) is 0 Å². The van der Waals surface area contributed by atoms with E-state index in [0.29, 0.717) is 11.8 Å². The molecule has 100 valence electrons.